The number of H-pyrrole nitrogens is 1. The van der Waals surface area contributed by atoms with Crippen molar-refractivity contribution in [2.45, 2.75) is 52.6 Å². The van der Waals surface area contributed by atoms with E-state index in [1.165, 1.54) is 26.0 Å². The van der Waals surface area contributed by atoms with Gasteiger partial charge >= 0.3 is 11.9 Å². The van der Waals surface area contributed by atoms with Crippen LogP contribution in [0.3, 0.4) is 0 Å². The number of ether oxygens (including phenoxy) is 2. The van der Waals surface area contributed by atoms with Crippen molar-refractivity contribution >= 4 is 57.6 Å². The standard InChI is InChI=1S/C41H44N6O9/c1-5-55-35(51)21-42-40(53)33(44-23(3)48)19-29-27-11-7-9-13-31(27)46-38(29)37(25-15-17-26(50)18-16-25)39-30(28-12-8-10-14-32(28)47-39)20-34(45-24(4)49)41(54)43-22-36(52)56-6-2/h7-18,33-34,46,50H,5-6,19-22H2,1-4H3,(H,42,53)(H,43,54)(H,44,48)(H,45,49)/b39-37+. The van der Waals surface area contributed by atoms with Crippen LogP contribution in [0, 0.1) is 0 Å². The first kappa shape index (κ1) is 40.4. The molecule has 0 saturated heterocycles. The van der Waals surface area contributed by atoms with E-state index in [4.69, 9.17) is 14.5 Å². The van der Waals surface area contributed by atoms with E-state index in [9.17, 15) is 33.9 Å². The van der Waals surface area contributed by atoms with Crippen molar-refractivity contribution in [1.82, 2.24) is 26.3 Å². The number of carbonyl (C=O) groups excluding carboxylic acids is 6. The van der Waals surface area contributed by atoms with E-state index in [0.717, 1.165) is 5.39 Å². The average Bonchev–Trinajstić information content (AvgIpc) is 3.71. The summed E-state index contributed by atoms with van der Waals surface area (Å²) in [5, 5.41) is 22.9. The minimum absolute atomic E-state index is 0.0128. The molecule has 1 aromatic heterocycles. The quantitative estimate of drug-likeness (QED) is 0.0909. The van der Waals surface area contributed by atoms with Gasteiger partial charge in [0.15, 0.2) is 0 Å². The fraction of sp³-hybridized carbons (Fsp3) is 0.293. The maximum atomic E-state index is 13.6. The normalized spacial score (nSPS) is 13.8. The Morgan fingerprint density at radius 3 is 1.88 bits per heavy atom. The van der Waals surface area contributed by atoms with Crippen molar-refractivity contribution in [3.8, 4) is 5.75 Å². The number of hydrogen-bond acceptors (Lipinski definition) is 10. The molecule has 2 atom stereocenters. The zero-order valence-electron chi connectivity index (χ0n) is 31.5. The molecular formula is C41H44N6O9. The lowest BCUT2D eigenvalue weighted by molar-refractivity contribution is -0.144. The van der Waals surface area contributed by atoms with Crippen LogP contribution < -0.4 is 31.8 Å². The van der Waals surface area contributed by atoms with Crippen molar-refractivity contribution < 1.29 is 43.3 Å². The van der Waals surface area contributed by atoms with Crippen LogP contribution in [0.1, 0.15) is 50.9 Å². The van der Waals surface area contributed by atoms with Crippen molar-refractivity contribution in [2.24, 2.45) is 4.99 Å². The Labute approximate surface area is 322 Å². The highest BCUT2D eigenvalue weighted by atomic mass is 16.5. The van der Waals surface area contributed by atoms with Crippen LogP contribution in [0.15, 0.2) is 83.5 Å². The number of rotatable bonds is 16. The molecule has 1 aliphatic rings. The number of aromatic amines is 1. The predicted octanol–water partition coefficient (Wildman–Crippen LogP) is 1.42. The number of hydrogen-bond donors (Lipinski definition) is 6. The van der Waals surface area contributed by atoms with Crippen LogP contribution in [0.5, 0.6) is 5.75 Å². The number of nitrogens with zero attached hydrogens (tertiary/aromatic N) is 1. The monoisotopic (exact) mass is 764 g/mol. The summed E-state index contributed by atoms with van der Waals surface area (Å²) in [6.07, 6.45) is -0.0818. The van der Waals surface area contributed by atoms with Crippen LogP contribution in [-0.4, -0.2) is 84.0 Å². The zero-order chi connectivity index (χ0) is 40.4. The molecule has 0 bridgehead atoms. The van der Waals surface area contributed by atoms with Gasteiger partial charge in [-0.1, -0.05) is 48.5 Å². The molecule has 5 rings (SSSR count). The number of fused-ring (bicyclic) bond motifs is 2. The third kappa shape index (κ3) is 9.85. The van der Waals surface area contributed by atoms with Gasteiger partial charge in [0.2, 0.25) is 23.6 Å². The second-order valence-electron chi connectivity index (χ2n) is 12.9. The molecule has 3 aromatic carbocycles. The summed E-state index contributed by atoms with van der Waals surface area (Å²) in [5.74, 6) is -3.43. The van der Waals surface area contributed by atoms with Gasteiger partial charge in [0.25, 0.3) is 0 Å². The number of amides is 4. The molecule has 0 aliphatic carbocycles. The second kappa shape index (κ2) is 18.5. The molecule has 0 radical (unpaired) electrons. The number of esters is 2. The van der Waals surface area contributed by atoms with Gasteiger partial charge in [0, 0.05) is 48.4 Å². The van der Waals surface area contributed by atoms with Crippen LogP contribution in [-0.2, 0) is 44.7 Å². The van der Waals surface area contributed by atoms with E-state index in [0.29, 0.717) is 49.8 Å². The number of phenols is 1. The van der Waals surface area contributed by atoms with Gasteiger partial charge in [-0.3, -0.25) is 28.8 Å². The Morgan fingerprint density at radius 1 is 0.732 bits per heavy atom. The number of phenolic OH excluding ortho intramolecular Hbond substituents is 1. The number of aromatic hydroxyl groups is 1. The molecule has 4 amide bonds. The van der Waals surface area contributed by atoms with Crippen LogP contribution in [0.4, 0.5) is 0 Å². The van der Waals surface area contributed by atoms with E-state index < -0.39 is 60.7 Å². The molecule has 2 heterocycles. The first-order valence-electron chi connectivity index (χ1n) is 18.1. The first-order chi connectivity index (χ1) is 26.9. The minimum Gasteiger partial charge on any atom is -0.508 e. The van der Waals surface area contributed by atoms with Gasteiger partial charge < -0.3 is 40.8 Å². The van der Waals surface area contributed by atoms with Crippen molar-refractivity contribution in [3.05, 3.63) is 106 Å². The van der Waals surface area contributed by atoms with E-state index in [1.807, 2.05) is 48.5 Å². The summed E-state index contributed by atoms with van der Waals surface area (Å²) in [6.45, 7) is 5.34. The maximum Gasteiger partial charge on any atom is 0.325 e. The number of aromatic nitrogens is 1. The number of carbonyl (C=O) groups is 6. The number of para-hydroxylation sites is 2. The SMILES string of the molecule is CCOC(=O)CNC(=O)C(CC1=c2ccccc2=N/C1=C(\c1ccc(O)cc1)c1[nH]c2ccccc2c1CC(NC(C)=O)C(=O)NCC(=O)OCC)NC(C)=O. The van der Waals surface area contributed by atoms with Gasteiger partial charge in [-0.25, -0.2) is 4.99 Å². The topological polar surface area (TPSA) is 217 Å². The predicted molar refractivity (Wildman–Crippen MR) is 206 cm³/mol. The highest BCUT2D eigenvalue weighted by molar-refractivity contribution is 5.99. The molecular weight excluding hydrogens is 720 g/mol. The maximum absolute atomic E-state index is 13.6. The highest BCUT2D eigenvalue weighted by Gasteiger charge is 2.31. The average molecular weight is 765 g/mol. The number of allylic oxidation sites excluding steroid dienone is 1. The Bertz CT molecular complexity index is 2310. The summed E-state index contributed by atoms with van der Waals surface area (Å²) < 4.78 is 9.93. The van der Waals surface area contributed by atoms with Crippen molar-refractivity contribution in [3.63, 3.8) is 0 Å². The molecule has 56 heavy (non-hydrogen) atoms. The summed E-state index contributed by atoms with van der Waals surface area (Å²) in [7, 11) is 0. The third-order valence-corrected chi connectivity index (χ3v) is 8.83. The summed E-state index contributed by atoms with van der Waals surface area (Å²) in [4.78, 5) is 84.9. The van der Waals surface area contributed by atoms with Crippen LogP contribution in [0.25, 0.3) is 22.0 Å². The Hall–Kier alpha value is -6.77. The summed E-state index contributed by atoms with van der Waals surface area (Å²) >= 11 is 0. The van der Waals surface area contributed by atoms with Crippen molar-refractivity contribution in [2.75, 3.05) is 26.3 Å². The molecule has 4 aromatic rings. The molecule has 6 N–H and O–H groups in total. The molecule has 292 valence electrons. The fourth-order valence-electron chi connectivity index (χ4n) is 6.51. The summed E-state index contributed by atoms with van der Waals surface area (Å²) in [6, 6.07) is 18.9. The smallest absolute Gasteiger partial charge is 0.325 e. The van der Waals surface area contributed by atoms with E-state index >= 15 is 0 Å². The lowest BCUT2D eigenvalue weighted by Crippen LogP contribution is -2.48. The van der Waals surface area contributed by atoms with Gasteiger partial charge in [-0.05, 0) is 54.8 Å². The van der Waals surface area contributed by atoms with Gasteiger partial charge in [-0.15, -0.1) is 0 Å². The number of nitrogens with one attached hydrogen (secondary N) is 5. The van der Waals surface area contributed by atoms with E-state index in [2.05, 4.69) is 26.3 Å². The third-order valence-electron chi connectivity index (χ3n) is 8.83. The second-order valence-corrected chi connectivity index (χ2v) is 12.9. The first-order valence-corrected chi connectivity index (χ1v) is 18.1. The molecule has 0 saturated carbocycles. The molecule has 1 aliphatic heterocycles. The van der Waals surface area contributed by atoms with Crippen LogP contribution in [0.2, 0.25) is 0 Å². The molecule has 0 spiro atoms. The lowest BCUT2D eigenvalue weighted by Gasteiger charge is -2.21. The molecule has 15 nitrogen and oxygen atoms in total. The van der Waals surface area contributed by atoms with Gasteiger partial charge in [-0.2, -0.15) is 0 Å². The largest absolute Gasteiger partial charge is 0.508 e. The fourth-order valence-corrected chi connectivity index (χ4v) is 6.51. The molecule has 0 fully saturated rings. The van der Waals surface area contributed by atoms with Gasteiger partial charge in [0.05, 0.1) is 30.0 Å². The zero-order valence-corrected chi connectivity index (χ0v) is 31.5. The Balaban J connectivity index is 1.72. The lowest BCUT2D eigenvalue weighted by atomic mass is 9.90. The highest BCUT2D eigenvalue weighted by Crippen LogP contribution is 2.38. The molecule has 15 heteroatoms. The minimum atomic E-state index is -1.14. The van der Waals surface area contributed by atoms with E-state index in [-0.39, 0.29) is 31.8 Å². The van der Waals surface area contributed by atoms with Crippen LogP contribution >= 0.6 is 0 Å². The van der Waals surface area contributed by atoms with Gasteiger partial charge in [0.1, 0.15) is 30.9 Å². The van der Waals surface area contributed by atoms with E-state index in [1.54, 1.807) is 26.0 Å². The Morgan fingerprint density at radius 2 is 1.29 bits per heavy atom. The van der Waals surface area contributed by atoms with Crippen molar-refractivity contribution in [1.29, 1.82) is 0 Å². The molecule has 2 unspecified atom stereocenters. The number of benzene rings is 3. The summed E-state index contributed by atoms with van der Waals surface area (Å²) in [5.41, 5.74) is 4.00. The Kier molecular flexibility index (Phi) is 13.4.